The fraction of sp³-hybridized carbons (Fsp3) is 0.464. The number of rotatable bonds is 8. The van der Waals surface area contributed by atoms with Crippen molar-refractivity contribution in [2.24, 2.45) is 0 Å². The number of hydrogen-bond donors (Lipinski definition) is 0. The maximum atomic E-state index is 14.1. The fourth-order valence-electron chi connectivity index (χ4n) is 4.78. The van der Waals surface area contributed by atoms with Crippen LogP contribution in [0.3, 0.4) is 0 Å². The lowest BCUT2D eigenvalue weighted by Crippen LogP contribution is -2.64. The molecule has 0 radical (unpaired) electrons. The van der Waals surface area contributed by atoms with Crippen molar-refractivity contribution in [1.82, 2.24) is 24.3 Å². The van der Waals surface area contributed by atoms with E-state index >= 15 is 0 Å². The van der Waals surface area contributed by atoms with Crippen molar-refractivity contribution >= 4 is 56.1 Å². The molecule has 1 aliphatic heterocycles. The third-order valence-corrected chi connectivity index (χ3v) is 8.61. The summed E-state index contributed by atoms with van der Waals surface area (Å²) in [5.74, 6) is -2.03. The predicted octanol–water partition coefficient (Wildman–Crippen LogP) is 4.20. The van der Waals surface area contributed by atoms with Gasteiger partial charge in [-0.2, -0.15) is 18.2 Å². The third-order valence-electron chi connectivity index (χ3n) is 7.00. The molecule has 3 aromatic rings. The number of likely N-dealkylation sites (tertiary alicyclic amines) is 1. The van der Waals surface area contributed by atoms with E-state index in [0.717, 1.165) is 21.9 Å². The van der Waals surface area contributed by atoms with Crippen LogP contribution in [0.5, 0.6) is 11.5 Å². The number of nitrogens with zero attached hydrogens (tertiary/aromatic N) is 5. The summed E-state index contributed by atoms with van der Waals surface area (Å²) in [6, 6.07) is 1.60. The van der Waals surface area contributed by atoms with Crippen molar-refractivity contribution in [2.75, 3.05) is 40.1 Å². The van der Waals surface area contributed by atoms with Crippen molar-refractivity contribution < 1.29 is 45.4 Å². The Bertz CT molecular complexity index is 1880. The number of ether oxygens (including phenoxy) is 3. The van der Waals surface area contributed by atoms with Gasteiger partial charge in [-0.1, -0.05) is 23.2 Å². The molecule has 1 aliphatic rings. The number of amides is 2. The van der Waals surface area contributed by atoms with E-state index in [1.807, 2.05) is 0 Å². The molecule has 4 rings (SSSR count). The number of sulfone groups is 1. The molecule has 0 N–H and O–H groups in total. The molecule has 19 heteroatoms. The van der Waals surface area contributed by atoms with Gasteiger partial charge in [-0.3, -0.25) is 14.2 Å². The van der Waals surface area contributed by atoms with Crippen LogP contribution < -0.4 is 15.0 Å². The molecular formula is C28H30Cl2F3N5O8S. The quantitative estimate of drug-likeness (QED) is 0.310. The SMILES string of the molecule is COc1cc(OC)c(Cl)c(-c2cc3cnc(S(C)(=O)=O)nc3n(CCN(C(=O)C(F)(F)F)C3CN(C(=O)OC(C)(C)C)C3)c2=O)c1Cl. The van der Waals surface area contributed by atoms with Gasteiger partial charge in [0, 0.05) is 55.6 Å². The minimum Gasteiger partial charge on any atom is -0.495 e. The summed E-state index contributed by atoms with van der Waals surface area (Å²) in [6.07, 6.45) is -4.11. The number of carbonyl (C=O) groups excluding carboxylic acids is 2. The van der Waals surface area contributed by atoms with Crippen molar-refractivity contribution in [3.05, 3.63) is 38.7 Å². The predicted molar refractivity (Wildman–Crippen MR) is 165 cm³/mol. The highest BCUT2D eigenvalue weighted by Crippen LogP contribution is 2.45. The molecule has 1 aromatic carbocycles. The second kappa shape index (κ2) is 13.0. The van der Waals surface area contributed by atoms with Gasteiger partial charge < -0.3 is 24.0 Å². The Balaban J connectivity index is 1.84. The van der Waals surface area contributed by atoms with Crippen LogP contribution in [0.1, 0.15) is 20.8 Å². The monoisotopic (exact) mass is 723 g/mol. The molecule has 0 bridgehead atoms. The Morgan fingerprint density at radius 2 is 1.64 bits per heavy atom. The number of alkyl halides is 3. The van der Waals surface area contributed by atoms with Gasteiger partial charge in [0.15, 0.2) is 0 Å². The van der Waals surface area contributed by atoms with Gasteiger partial charge >= 0.3 is 18.2 Å². The smallest absolute Gasteiger partial charge is 0.471 e. The van der Waals surface area contributed by atoms with Gasteiger partial charge in [-0.15, -0.1) is 0 Å². The van der Waals surface area contributed by atoms with E-state index in [4.69, 9.17) is 37.4 Å². The second-order valence-corrected chi connectivity index (χ2v) is 14.2. The molecule has 1 fully saturated rings. The largest absolute Gasteiger partial charge is 0.495 e. The molecule has 0 aliphatic carbocycles. The second-order valence-electron chi connectivity index (χ2n) is 11.5. The lowest BCUT2D eigenvalue weighted by molar-refractivity contribution is -0.190. The highest BCUT2D eigenvalue weighted by molar-refractivity contribution is 7.90. The summed E-state index contributed by atoms with van der Waals surface area (Å²) in [5, 5.41) is -0.754. The van der Waals surface area contributed by atoms with Gasteiger partial charge in [-0.05, 0) is 26.8 Å². The van der Waals surface area contributed by atoms with Crippen LogP contribution in [0.15, 0.2) is 28.3 Å². The van der Waals surface area contributed by atoms with Crippen molar-refractivity contribution in [2.45, 2.75) is 50.3 Å². The summed E-state index contributed by atoms with van der Waals surface area (Å²) in [5.41, 5.74) is -2.22. The molecule has 1 saturated heterocycles. The van der Waals surface area contributed by atoms with Crippen LogP contribution in [-0.4, -0.2) is 103 Å². The number of fused-ring (bicyclic) bond motifs is 1. The Hall–Kier alpha value is -3.83. The van der Waals surface area contributed by atoms with Crippen LogP contribution in [0, 0.1) is 0 Å². The van der Waals surface area contributed by atoms with E-state index in [1.54, 1.807) is 20.8 Å². The molecule has 0 unspecified atom stereocenters. The first kappa shape index (κ1) is 36.0. The number of hydrogen-bond acceptors (Lipinski definition) is 10. The Morgan fingerprint density at radius 1 is 1.06 bits per heavy atom. The zero-order chi connectivity index (χ0) is 35.2. The molecule has 0 spiro atoms. The first-order valence-electron chi connectivity index (χ1n) is 13.7. The molecule has 3 heterocycles. The van der Waals surface area contributed by atoms with Gasteiger partial charge in [0.05, 0.1) is 35.9 Å². The van der Waals surface area contributed by atoms with Gasteiger partial charge in [0.1, 0.15) is 22.7 Å². The average molecular weight is 725 g/mol. The molecule has 0 saturated carbocycles. The minimum absolute atomic E-state index is 0.0485. The molecule has 2 aromatic heterocycles. The maximum Gasteiger partial charge on any atom is 0.471 e. The van der Waals surface area contributed by atoms with E-state index in [2.05, 4.69) is 9.97 Å². The van der Waals surface area contributed by atoms with Crippen LogP contribution in [-0.2, 0) is 25.9 Å². The fourth-order valence-corrected chi connectivity index (χ4v) is 5.98. The van der Waals surface area contributed by atoms with Crippen LogP contribution in [0.25, 0.3) is 22.2 Å². The highest BCUT2D eigenvalue weighted by atomic mass is 35.5. The van der Waals surface area contributed by atoms with Gasteiger partial charge in [0.25, 0.3) is 5.56 Å². The number of carbonyl (C=O) groups is 2. The van der Waals surface area contributed by atoms with E-state index in [1.165, 1.54) is 26.4 Å². The van der Waals surface area contributed by atoms with E-state index in [0.29, 0.717) is 4.90 Å². The van der Waals surface area contributed by atoms with E-state index in [9.17, 15) is 36.0 Å². The summed E-state index contributed by atoms with van der Waals surface area (Å²) < 4.78 is 82.5. The number of methoxy groups -OCH3 is 2. The molecule has 256 valence electrons. The summed E-state index contributed by atoms with van der Waals surface area (Å²) in [4.78, 5) is 48.6. The molecule has 2 amide bonds. The molecule has 47 heavy (non-hydrogen) atoms. The van der Waals surface area contributed by atoms with Gasteiger partial charge in [-0.25, -0.2) is 18.2 Å². The van der Waals surface area contributed by atoms with Crippen LogP contribution >= 0.6 is 23.2 Å². The number of benzene rings is 1. The van der Waals surface area contributed by atoms with Gasteiger partial charge in [0.2, 0.25) is 15.0 Å². The number of halogens is 5. The normalized spacial score (nSPS) is 14.1. The first-order chi connectivity index (χ1) is 21.7. The molecule has 0 atom stereocenters. The lowest BCUT2D eigenvalue weighted by Gasteiger charge is -2.45. The highest BCUT2D eigenvalue weighted by Gasteiger charge is 2.48. The van der Waals surface area contributed by atoms with E-state index in [-0.39, 0.29) is 56.8 Å². The third kappa shape index (κ3) is 7.51. The minimum atomic E-state index is -5.29. The molecular weight excluding hydrogens is 694 g/mol. The summed E-state index contributed by atoms with van der Waals surface area (Å²) in [7, 11) is -1.37. The van der Waals surface area contributed by atoms with Crippen molar-refractivity contribution in [3.63, 3.8) is 0 Å². The first-order valence-corrected chi connectivity index (χ1v) is 16.4. The topological polar surface area (TPSA) is 150 Å². The average Bonchev–Trinajstić information content (AvgIpc) is 2.92. The Morgan fingerprint density at radius 3 is 2.13 bits per heavy atom. The Labute approximate surface area is 277 Å². The standard InChI is InChI=1S/C28H30Cl2F3N5O8S/c1-27(2,3)46-26(41)36-12-15(13-36)37(24(40)28(31,32)33)7-8-38-22-14(11-34-25(35-22)47(6,42)43)9-16(23(38)39)19-20(29)17(44-4)10-18(45-5)21(19)30/h9-11,15H,7-8,12-13H2,1-6H3. The van der Waals surface area contributed by atoms with Crippen LogP contribution in [0.4, 0.5) is 18.0 Å². The zero-order valence-electron chi connectivity index (χ0n) is 25.9. The lowest BCUT2D eigenvalue weighted by atomic mass is 10.0. The number of aromatic nitrogens is 3. The number of pyridine rings is 1. The van der Waals surface area contributed by atoms with Crippen LogP contribution in [0.2, 0.25) is 10.0 Å². The molecule has 13 nitrogen and oxygen atoms in total. The van der Waals surface area contributed by atoms with Crippen molar-refractivity contribution in [1.29, 1.82) is 0 Å². The zero-order valence-corrected chi connectivity index (χ0v) is 28.3. The maximum absolute atomic E-state index is 14.1. The Kier molecular flexibility index (Phi) is 9.96. The summed E-state index contributed by atoms with van der Waals surface area (Å²) in [6.45, 7) is 3.06. The summed E-state index contributed by atoms with van der Waals surface area (Å²) >= 11 is 13.1. The van der Waals surface area contributed by atoms with E-state index < -0.39 is 63.5 Å². The van der Waals surface area contributed by atoms with Crippen molar-refractivity contribution in [3.8, 4) is 22.6 Å².